The second-order valence-electron chi connectivity index (χ2n) is 4.57. The molecule has 0 atom stereocenters. The maximum atomic E-state index is 11.5. The number of hydrogen-bond donors (Lipinski definition) is 2. The van der Waals surface area contributed by atoms with E-state index < -0.39 is 12.2 Å². The van der Waals surface area contributed by atoms with Gasteiger partial charge in [-0.25, -0.2) is 9.59 Å². The highest BCUT2D eigenvalue weighted by atomic mass is 16.7. The molecule has 7 nitrogen and oxygen atoms in total. The fraction of sp³-hybridized carbons (Fsp3) is 0.118. The SMILES string of the molecule is CNC(=O)O/N=C(/c1ccccc1)c1ccccc1OC(=O)NC. The van der Waals surface area contributed by atoms with Crippen molar-refractivity contribution in [2.75, 3.05) is 14.1 Å². The standard InChI is InChI=1S/C17H17N3O4/c1-18-16(21)23-14-11-7-6-10-13(14)15(20-24-17(22)19-2)12-8-4-3-5-9-12/h3-11H,1-2H3,(H,18,21)(H,19,22)/b20-15-. The van der Waals surface area contributed by atoms with Crippen LogP contribution < -0.4 is 15.4 Å². The van der Waals surface area contributed by atoms with E-state index in [2.05, 4.69) is 15.8 Å². The molecule has 0 aromatic heterocycles. The molecule has 0 unspecified atom stereocenters. The Kier molecular flexibility index (Phi) is 5.90. The number of carbonyl (C=O) groups is 2. The van der Waals surface area contributed by atoms with Crippen LogP contribution >= 0.6 is 0 Å². The van der Waals surface area contributed by atoms with E-state index in [9.17, 15) is 9.59 Å². The molecule has 2 amide bonds. The van der Waals surface area contributed by atoms with Gasteiger partial charge in [0.15, 0.2) is 0 Å². The van der Waals surface area contributed by atoms with Crippen molar-refractivity contribution in [2.45, 2.75) is 0 Å². The van der Waals surface area contributed by atoms with Crippen molar-refractivity contribution in [3.63, 3.8) is 0 Å². The number of rotatable bonds is 4. The summed E-state index contributed by atoms with van der Waals surface area (Å²) in [6.45, 7) is 0. The molecular formula is C17H17N3O4. The number of hydrogen-bond acceptors (Lipinski definition) is 5. The summed E-state index contributed by atoms with van der Waals surface area (Å²) in [6.07, 6.45) is -1.31. The number of ether oxygens (including phenoxy) is 1. The van der Waals surface area contributed by atoms with Crippen LogP contribution in [0, 0.1) is 0 Å². The maximum Gasteiger partial charge on any atom is 0.433 e. The molecule has 0 radical (unpaired) electrons. The van der Waals surface area contributed by atoms with Crippen molar-refractivity contribution in [1.82, 2.24) is 10.6 Å². The first kappa shape index (κ1) is 17.0. The average molecular weight is 327 g/mol. The summed E-state index contributed by atoms with van der Waals surface area (Å²) in [5, 5.41) is 8.62. The van der Waals surface area contributed by atoms with E-state index >= 15 is 0 Å². The van der Waals surface area contributed by atoms with Crippen molar-refractivity contribution in [2.24, 2.45) is 5.16 Å². The Bertz CT molecular complexity index is 745. The third-order valence-corrected chi connectivity index (χ3v) is 3.02. The lowest BCUT2D eigenvalue weighted by atomic mass is 10.0. The van der Waals surface area contributed by atoms with E-state index in [1.807, 2.05) is 30.3 Å². The Hall–Kier alpha value is -3.35. The van der Waals surface area contributed by atoms with Crippen molar-refractivity contribution in [1.29, 1.82) is 0 Å². The van der Waals surface area contributed by atoms with Gasteiger partial charge >= 0.3 is 12.2 Å². The predicted octanol–water partition coefficient (Wildman–Crippen LogP) is 2.51. The highest BCUT2D eigenvalue weighted by Crippen LogP contribution is 2.22. The monoisotopic (exact) mass is 327 g/mol. The van der Waals surface area contributed by atoms with Gasteiger partial charge in [-0.3, -0.25) is 4.84 Å². The third-order valence-electron chi connectivity index (χ3n) is 3.02. The summed E-state index contributed by atoms with van der Waals surface area (Å²) in [5.74, 6) is 0.292. The van der Waals surface area contributed by atoms with Crippen molar-refractivity contribution in [3.8, 4) is 5.75 Å². The molecule has 0 aliphatic carbocycles. The van der Waals surface area contributed by atoms with Gasteiger partial charge in [0, 0.05) is 25.2 Å². The second kappa shape index (κ2) is 8.33. The average Bonchev–Trinajstić information content (AvgIpc) is 2.63. The molecule has 124 valence electrons. The van der Waals surface area contributed by atoms with Crippen LogP contribution in [0.1, 0.15) is 11.1 Å². The van der Waals surface area contributed by atoms with Crippen LogP contribution in [0.2, 0.25) is 0 Å². The zero-order valence-corrected chi connectivity index (χ0v) is 13.3. The molecule has 0 aliphatic heterocycles. The molecule has 0 spiro atoms. The van der Waals surface area contributed by atoms with Crippen LogP contribution in [0.15, 0.2) is 59.8 Å². The lowest BCUT2D eigenvalue weighted by Gasteiger charge is -2.12. The third kappa shape index (κ3) is 4.33. The molecule has 0 saturated heterocycles. The summed E-state index contributed by atoms with van der Waals surface area (Å²) in [4.78, 5) is 27.7. The van der Waals surface area contributed by atoms with Gasteiger partial charge in [-0.2, -0.15) is 0 Å². The lowest BCUT2D eigenvalue weighted by Crippen LogP contribution is -2.23. The van der Waals surface area contributed by atoms with Gasteiger partial charge in [0.1, 0.15) is 11.5 Å². The highest BCUT2D eigenvalue weighted by Gasteiger charge is 2.16. The van der Waals surface area contributed by atoms with Gasteiger partial charge in [0.25, 0.3) is 0 Å². The highest BCUT2D eigenvalue weighted by molar-refractivity contribution is 6.14. The lowest BCUT2D eigenvalue weighted by molar-refractivity contribution is 0.153. The van der Waals surface area contributed by atoms with E-state index in [0.29, 0.717) is 22.6 Å². The zero-order valence-electron chi connectivity index (χ0n) is 13.3. The van der Waals surface area contributed by atoms with Gasteiger partial charge in [-0.15, -0.1) is 0 Å². The minimum atomic E-state index is -0.701. The Labute approximate surface area is 139 Å². The van der Waals surface area contributed by atoms with Crippen LogP contribution in [0.5, 0.6) is 5.75 Å². The van der Waals surface area contributed by atoms with Crippen LogP contribution in [-0.2, 0) is 4.84 Å². The van der Waals surface area contributed by atoms with E-state index in [1.165, 1.54) is 14.1 Å². The van der Waals surface area contributed by atoms with Crippen molar-refractivity contribution < 1.29 is 19.2 Å². The fourth-order valence-electron chi connectivity index (χ4n) is 1.89. The van der Waals surface area contributed by atoms with Crippen molar-refractivity contribution >= 4 is 17.9 Å². The van der Waals surface area contributed by atoms with Gasteiger partial charge in [-0.05, 0) is 12.1 Å². The summed E-state index contributed by atoms with van der Waals surface area (Å²) in [5.41, 5.74) is 1.57. The number of amides is 2. The van der Waals surface area contributed by atoms with E-state index in [4.69, 9.17) is 9.57 Å². The molecule has 0 bridgehead atoms. The first-order valence-electron chi connectivity index (χ1n) is 7.16. The van der Waals surface area contributed by atoms with Gasteiger partial charge in [0.05, 0.1) is 0 Å². The zero-order chi connectivity index (χ0) is 17.4. The Balaban J connectivity index is 2.48. The molecular weight excluding hydrogens is 310 g/mol. The van der Waals surface area contributed by atoms with E-state index in [-0.39, 0.29) is 0 Å². The van der Waals surface area contributed by atoms with Gasteiger partial charge in [0.2, 0.25) is 0 Å². The van der Waals surface area contributed by atoms with Crippen molar-refractivity contribution in [3.05, 3.63) is 65.7 Å². The summed E-state index contributed by atoms with van der Waals surface area (Å²) < 4.78 is 5.24. The summed E-state index contributed by atoms with van der Waals surface area (Å²) >= 11 is 0. The molecule has 2 rings (SSSR count). The first-order chi connectivity index (χ1) is 11.7. The molecule has 24 heavy (non-hydrogen) atoms. The van der Waals surface area contributed by atoms with Crippen LogP contribution in [0.3, 0.4) is 0 Å². The van der Waals surface area contributed by atoms with E-state index in [0.717, 1.165) is 0 Å². The Morgan fingerprint density at radius 3 is 2.17 bits per heavy atom. The fourth-order valence-corrected chi connectivity index (χ4v) is 1.89. The maximum absolute atomic E-state index is 11.5. The topological polar surface area (TPSA) is 89.0 Å². The minimum Gasteiger partial charge on any atom is -0.410 e. The molecule has 0 fully saturated rings. The Morgan fingerprint density at radius 1 is 0.875 bits per heavy atom. The predicted molar refractivity (Wildman–Crippen MR) is 89.1 cm³/mol. The number of para-hydroxylation sites is 1. The van der Waals surface area contributed by atoms with Crippen LogP contribution in [0.25, 0.3) is 0 Å². The number of oxime groups is 1. The summed E-state index contributed by atoms with van der Waals surface area (Å²) in [6, 6.07) is 16.0. The summed E-state index contributed by atoms with van der Waals surface area (Å²) in [7, 11) is 2.90. The normalized spacial score (nSPS) is 10.7. The second-order valence-corrected chi connectivity index (χ2v) is 4.57. The first-order valence-corrected chi connectivity index (χ1v) is 7.16. The van der Waals surface area contributed by atoms with Gasteiger partial charge in [-0.1, -0.05) is 47.6 Å². The number of carbonyl (C=O) groups excluding carboxylic acids is 2. The molecule has 0 heterocycles. The molecule has 0 saturated carbocycles. The smallest absolute Gasteiger partial charge is 0.410 e. The number of benzene rings is 2. The molecule has 2 aromatic carbocycles. The van der Waals surface area contributed by atoms with Crippen LogP contribution in [-0.4, -0.2) is 32.0 Å². The largest absolute Gasteiger partial charge is 0.433 e. The Morgan fingerprint density at radius 2 is 1.50 bits per heavy atom. The number of nitrogens with zero attached hydrogens (tertiary/aromatic N) is 1. The molecule has 7 heteroatoms. The molecule has 2 N–H and O–H groups in total. The van der Waals surface area contributed by atoms with Gasteiger partial charge < -0.3 is 15.4 Å². The molecule has 0 aliphatic rings. The molecule has 2 aromatic rings. The minimum absolute atomic E-state index is 0.292. The van der Waals surface area contributed by atoms with Crippen LogP contribution in [0.4, 0.5) is 9.59 Å². The number of nitrogens with one attached hydrogen (secondary N) is 2. The van der Waals surface area contributed by atoms with E-state index in [1.54, 1.807) is 24.3 Å². The quantitative estimate of drug-likeness (QED) is 0.513.